The van der Waals surface area contributed by atoms with Crippen LogP contribution in [0.3, 0.4) is 0 Å². The Kier molecular flexibility index (Phi) is 3.84. The van der Waals surface area contributed by atoms with Crippen LogP contribution in [0.25, 0.3) is 0 Å². The van der Waals surface area contributed by atoms with Crippen LogP contribution in [0.2, 0.25) is 0 Å². The van der Waals surface area contributed by atoms with Crippen molar-refractivity contribution in [3.05, 3.63) is 30.0 Å². The lowest BCUT2D eigenvalue weighted by Gasteiger charge is -2.10. The number of benzene rings is 1. The van der Waals surface area contributed by atoms with Gasteiger partial charge in [0.2, 0.25) is 21.3 Å². The summed E-state index contributed by atoms with van der Waals surface area (Å²) in [5, 5.41) is 8.51. The van der Waals surface area contributed by atoms with Gasteiger partial charge in [-0.3, -0.25) is 4.79 Å². The van der Waals surface area contributed by atoms with Gasteiger partial charge in [0.25, 0.3) is 5.91 Å². The average molecular weight is 318 g/mol. The third-order valence-corrected chi connectivity index (χ3v) is 3.84. The minimum Gasteiger partial charge on any atom is -0.379 e. The zero-order valence-electron chi connectivity index (χ0n) is 10.2. The Labute approximate surface area is 116 Å². The van der Waals surface area contributed by atoms with Gasteiger partial charge in [-0.2, -0.15) is 8.78 Å². The number of nitrogens with one attached hydrogen (secondary N) is 1. The number of hydrogen-bond donors (Lipinski definition) is 2. The fourth-order valence-electron chi connectivity index (χ4n) is 1.45. The van der Waals surface area contributed by atoms with Crippen LogP contribution in [0.1, 0.15) is 10.5 Å². The van der Waals surface area contributed by atoms with Gasteiger partial charge in [-0.1, -0.05) is 12.1 Å². The second-order valence-corrected chi connectivity index (χ2v) is 5.64. The Morgan fingerprint density at radius 3 is 2.52 bits per heavy atom. The van der Waals surface area contributed by atoms with Crippen molar-refractivity contribution in [1.82, 2.24) is 10.3 Å². The maximum atomic E-state index is 12.6. The lowest BCUT2D eigenvalue weighted by atomic mass is 10.3. The van der Waals surface area contributed by atoms with E-state index in [0.717, 1.165) is 12.1 Å². The van der Waals surface area contributed by atoms with Crippen molar-refractivity contribution in [2.75, 3.05) is 11.1 Å². The van der Waals surface area contributed by atoms with Gasteiger partial charge in [0, 0.05) is 0 Å². The molecule has 0 unspecified atom stereocenters. The summed E-state index contributed by atoms with van der Waals surface area (Å²) in [6, 6.07) is 4.71. The summed E-state index contributed by atoms with van der Waals surface area (Å²) in [5.41, 5.74) is 4.58. The fraction of sp³-hybridized carbons (Fsp3) is 0.100. The fourth-order valence-corrected chi connectivity index (χ4v) is 2.33. The number of halogens is 2. The molecule has 1 amide bonds. The monoisotopic (exact) mass is 318 g/mol. The largest absolute Gasteiger partial charge is 0.379 e. The van der Waals surface area contributed by atoms with Crippen molar-refractivity contribution in [3.8, 4) is 0 Å². The number of sulfone groups is 1. The molecule has 0 bridgehead atoms. The molecule has 21 heavy (non-hydrogen) atoms. The number of nitrogens with two attached hydrogens (primary N) is 1. The number of para-hydroxylation sites is 1. The minimum atomic E-state index is -4.87. The van der Waals surface area contributed by atoms with Crippen LogP contribution in [0.15, 0.2) is 33.8 Å². The molecule has 0 aliphatic rings. The number of amides is 1. The summed E-state index contributed by atoms with van der Waals surface area (Å²) >= 11 is 0. The summed E-state index contributed by atoms with van der Waals surface area (Å²) in [5.74, 6) is -4.87. The molecule has 0 spiro atoms. The van der Waals surface area contributed by atoms with E-state index in [9.17, 15) is 22.0 Å². The van der Waals surface area contributed by atoms with E-state index in [1.54, 1.807) is 0 Å². The average Bonchev–Trinajstić information content (AvgIpc) is 2.85. The minimum absolute atomic E-state index is 0.318. The van der Waals surface area contributed by atoms with Gasteiger partial charge >= 0.3 is 5.76 Å². The standard InChI is InChI=1S/C10H8F2N4O4S/c11-10(12)21(18,19)6-4-2-1-3-5(6)14-9(17)7-8(13)16-20-15-7/h1-4,10H,(H2,13,16)(H,14,17). The molecule has 112 valence electrons. The first-order valence-electron chi connectivity index (χ1n) is 5.34. The summed E-state index contributed by atoms with van der Waals surface area (Å²) in [4.78, 5) is 11.1. The number of nitrogens with zero attached hydrogens (tertiary/aromatic N) is 2. The van der Waals surface area contributed by atoms with Gasteiger partial charge in [-0.15, -0.1) is 0 Å². The molecule has 1 aromatic heterocycles. The lowest BCUT2D eigenvalue weighted by Crippen LogP contribution is -2.18. The van der Waals surface area contributed by atoms with E-state index in [1.807, 2.05) is 0 Å². The molecule has 0 radical (unpaired) electrons. The molecular formula is C10H8F2N4O4S. The smallest absolute Gasteiger partial charge is 0.341 e. The van der Waals surface area contributed by atoms with Crippen molar-refractivity contribution in [1.29, 1.82) is 0 Å². The quantitative estimate of drug-likeness (QED) is 0.857. The highest BCUT2D eigenvalue weighted by Gasteiger charge is 2.30. The van der Waals surface area contributed by atoms with Crippen LogP contribution in [0.4, 0.5) is 20.3 Å². The molecule has 0 aliphatic carbocycles. The zero-order chi connectivity index (χ0) is 15.6. The predicted octanol–water partition coefficient (Wildman–Crippen LogP) is 0.900. The SMILES string of the molecule is Nc1nonc1C(=O)Nc1ccccc1S(=O)(=O)C(F)F. The van der Waals surface area contributed by atoms with Gasteiger partial charge in [-0.05, 0) is 22.4 Å². The van der Waals surface area contributed by atoms with Crippen LogP contribution < -0.4 is 11.1 Å². The second-order valence-electron chi connectivity index (χ2n) is 3.75. The van der Waals surface area contributed by atoms with Gasteiger partial charge in [0.05, 0.1) is 10.6 Å². The second kappa shape index (κ2) is 5.44. The number of alkyl halides is 2. The number of nitrogen functional groups attached to an aromatic ring is 1. The lowest BCUT2D eigenvalue weighted by molar-refractivity contribution is 0.101. The van der Waals surface area contributed by atoms with Crippen LogP contribution in [0.5, 0.6) is 0 Å². The number of aromatic nitrogens is 2. The van der Waals surface area contributed by atoms with Gasteiger partial charge in [0.15, 0.2) is 0 Å². The van der Waals surface area contributed by atoms with Crippen LogP contribution in [-0.4, -0.2) is 30.4 Å². The first kappa shape index (κ1) is 14.8. The molecule has 0 fully saturated rings. The third kappa shape index (κ3) is 2.81. The predicted molar refractivity (Wildman–Crippen MR) is 66.3 cm³/mol. The Morgan fingerprint density at radius 2 is 1.95 bits per heavy atom. The van der Waals surface area contributed by atoms with Crippen molar-refractivity contribution >= 4 is 27.2 Å². The van der Waals surface area contributed by atoms with Crippen LogP contribution >= 0.6 is 0 Å². The number of carbonyl (C=O) groups excluding carboxylic acids is 1. The number of carbonyl (C=O) groups is 1. The van der Waals surface area contributed by atoms with Crippen molar-refractivity contribution in [2.24, 2.45) is 0 Å². The van der Waals surface area contributed by atoms with Crippen molar-refractivity contribution in [2.45, 2.75) is 10.7 Å². The Hall–Kier alpha value is -2.56. The van der Waals surface area contributed by atoms with Gasteiger partial charge in [0.1, 0.15) is 0 Å². The summed E-state index contributed by atoms with van der Waals surface area (Å²) in [6.45, 7) is 0. The van der Waals surface area contributed by atoms with Crippen LogP contribution in [0, 0.1) is 0 Å². The van der Waals surface area contributed by atoms with E-state index < -0.39 is 26.4 Å². The maximum Gasteiger partial charge on any atom is 0.341 e. The summed E-state index contributed by atoms with van der Waals surface area (Å²) < 4.78 is 52.4. The highest BCUT2D eigenvalue weighted by molar-refractivity contribution is 7.91. The summed E-state index contributed by atoms with van der Waals surface area (Å²) in [6.07, 6.45) is 0. The Morgan fingerprint density at radius 1 is 1.29 bits per heavy atom. The normalized spacial score (nSPS) is 11.6. The molecule has 2 rings (SSSR count). The topological polar surface area (TPSA) is 128 Å². The molecule has 2 aromatic rings. The third-order valence-electron chi connectivity index (χ3n) is 2.41. The maximum absolute atomic E-state index is 12.6. The van der Waals surface area contributed by atoms with Gasteiger partial charge in [-0.25, -0.2) is 13.0 Å². The molecule has 0 saturated heterocycles. The number of rotatable bonds is 4. The Bertz CT molecular complexity index is 775. The van der Waals surface area contributed by atoms with Crippen molar-refractivity contribution < 1.29 is 26.6 Å². The van der Waals surface area contributed by atoms with E-state index in [4.69, 9.17) is 5.73 Å². The van der Waals surface area contributed by atoms with E-state index in [1.165, 1.54) is 12.1 Å². The molecule has 0 aliphatic heterocycles. The number of anilines is 2. The van der Waals surface area contributed by atoms with Crippen molar-refractivity contribution in [3.63, 3.8) is 0 Å². The molecular weight excluding hydrogens is 310 g/mol. The molecule has 0 atom stereocenters. The van der Waals surface area contributed by atoms with Gasteiger partial charge < -0.3 is 11.1 Å². The number of hydrogen-bond acceptors (Lipinski definition) is 7. The first-order chi connectivity index (χ1) is 9.84. The van der Waals surface area contributed by atoms with E-state index >= 15 is 0 Å². The molecule has 8 nitrogen and oxygen atoms in total. The van der Waals surface area contributed by atoms with E-state index in [2.05, 4.69) is 20.3 Å². The molecule has 0 saturated carbocycles. The molecule has 1 heterocycles. The van der Waals surface area contributed by atoms with E-state index in [-0.39, 0.29) is 17.2 Å². The highest BCUT2D eigenvalue weighted by atomic mass is 32.2. The van der Waals surface area contributed by atoms with Crippen LogP contribution in [-0.2, 0) is 9.84 Å². The molecule has 3 N–H and O–H groups in total. The first-order valence-corrected chi connectivity index (χ1v) is 6.89. The zero-order valence-corrected chi connectivity index (χ0v) is 11.0. The molecule has 11 heteroatoms. The Balaban J connectivity index is 2.39. The highest BCUT2D eigenvalue weighted by Crippen LogP contribution is 2.26. The van der Waals surface area contributed by atoms with E-state index in [0.29, 0.717) is 0 Å². The summed E-state index contributed by atoms with van der Waals surface area (Å²) in [7, 11) is -4.87. The molecule has 1 aromatic carbocycles.